The van der Waals surface area contributed by atoms with Crippen LogP contribution >= 0.6 is 0 Å². The van der Waals surface area contributed by atoms with E-state index in [4.69, 9.17) is 0 Å². The Balaban J connectivity index is 1.22. The summed E-state index contributed by atoms with van der Waals surface area (Å²) in [6, 6.07) is 15.0. The fraction of sp³-hybridized carbons (Fsp3) is 0.480. The molecule has 2 aromatic rings. The predicted octanol–water partition coefficient (Wildman–Crippen LogP) is 3.93. The van der Waals surface area contributed by atoms with Gasteiger partial charge in [-0.1, -0.05) is 31.2 Å². The van der Waals surface area contributed by atoms with Crippen LogP contribution in [0.15, 0.2) is 53.4 Å². The first-order chi connectivity index (χ1) is 15.4. The van der Waals surface area contributed by atoms with Crippen LogP contribution in [0.4, 0.5) is 5.69 Å². The van der Waals surface area contributed by atoms with Crippen LogP contribution in [0.5, 0.6) is 0 Å². The van der Waals surface area contributed by atoms with Gasteiger partial charge in [-0.3, -0.25) is 9.69 Å². The second-order valence-corrected chi connectivity index (χ2v) is 11.0. The molecule has 2 N–H and O–H groups in total. The molecule has 2 aliphatic rings. The van der Waals surface area contributed by atoms with Crippen LogP contribution in [0.2, 0.25) is 0 Å². The normalized spacial score (nSPS) is 17.9. The molecule has 0 radical (unpaired) electrons. The van der Waals surface area contributed by atoms with E-state index in [1.54, 1.807) is 24.3 Å². The zero-order valence-corrected chi connectivity index (χ0v) is 19.5. The van der Waals surface area contributed by atoms with Crippen molar-refractivity contribution in [3.05, 3.63) is 59.7 Å². The van der Waals surface area contributed by atoms with E-state index in [1.807, 2.05) is 12.1 Å². The lowest BCUT2D eigenvalue weighted by molar-refractivity contribution is -0.116. The SMILES string of the molecule is CC1CCN(Cc2ccc(NC(=O)CCc3ccc(S(=O)(=O)NC4CC4)cc3)cc2)CC1. The van der Waals surface area contributed by atoms with Crippen molar-refractivity contribution in [1.82, 2.24) is 9.62 Å². The van der Waals surface area contributed by atoms with Crippen molar-refractivity contribution in [3.8, 4) is 0 Å². The Labute approximate surface area is 191 Å². The minimum absolute atomic E-state index is 0.0464. The predicted molar refractivity (Wildman–Crippen MR) is 127 cm³/mol. The van der Waals surface area contributed by atoms with Gasteiger partial charge in [-0.15, -0.1) is 0 Å². The van der Waals surface area contributed by atoms with Crippen LogP contribution in [0.25, 0.3) is 0 Å². The van der Waals surface area contributed by atoms with E-state index in [9.17, 15) is 13.2 Å². The fourth-order valence-corrected chi connectivity index (χ4v) is 5.28. The fourth-order valence-electron chi connectivity index (χ4n) is 3.98. The van der Waals surface area contributed by atoms with Crippen LogP contribution in [0, 0.1) is 5.92 Å². The van der Waals surface area contributed by atoms with Gasteiger partial charge in [0.2, 0.25) is 15.9 Å². The molecular weight excluding hydrogens is 422 g/mol. The third-order valence-corrected chi connectivity index (χ3v) is 7.83. The number of hydrogen-bond donors (Lipinski definition) is 2. The average molecular weight is 456 g/mol. The summed E-state index contributed by atoms with van der Waals surface area (Å²) in [6.45, 7) is 5.60. The summed E-state index contributed by atoms with van der Waals surface area (Å²) in [4.78, 5) is 15.1. The van der Waals surface area contributed by atoms with E-state index in [0.717, 1.165) is 49.6 Å². The van der Waals surface area contributed by atoms with Gasteiger partial charge >= 0.3 is 0 Å². The number of likely N-dealkylation sites (tertiary alicyclic amines) is 1. The number of amides is 1. The van der Waals surface area contributed by atoms with E-state index in [0.29, 0.717) is 12.8 Å². The minimum atomic E-state index is -3.43. The standard InChI is InChI=1S/C25H33N3O3S/c1-19-14-16-28(17-15-19)18-21-2-7-22(8-3-21)26-25(29)13-6-20-4-11-24(12-5-20)32(30,31)27-23-9-10-23/h2-5,7-8,11-12,19,23,27H,6,9-10,13-18H2,1H3,(H,26,29). The van der Waals surface area contributed by atoms with E-state index in [-0.39, 0.29) is 16.8 Å². The maximum absolute atomic E-state index is 12.3. The molecule has 172 valence electrons. The zero-order valence-electron chi connectivity index (χ0n) is 18.7. The van der Waals surface area contributed by atoms with Crippen LogP contribution < -0.4 is 10.0 Å². The van der Waals surface area contributed by atoms with Gasteiger partial charge in [0.25, 0.3) is 0 Å². The van der Waals surface area contributed by atoms with Crippen LogP contribution in [-0.2, 0) is 27.8 Å². The van der Waals surface area contributed by atoms with E-state index in [2.05, 4.69) is 34.0 Å². The first-order valence-corrected chi connectivity index (χ1v) is 13.1. The molecule has 0 spiro atoms. The molecule has 0 bridgehead atoms. The molecule has 4 rings (SSSR count). The Bertz CT molecular complexity index is 1010. The Kier molecular flexibility index (Phi) is 7.28. The van der Waals surface area contributed by atoms with Gasteiger partial charge in [-0.25, -0.2) is 13.1 Å². The van der Waals surface area contributed by atoms with Crippen molar-refractivity contribution >= 4 is 21.6 Å². The van der Waals surface area contributed by atoms with Crippen molar-refractivity contribution in [2.45, 2.75) is 62.9 Å². The number of hydrogen-bond acceptors (Lipinski definition) is 4. The molecule has 32 heavy (non-hydrogen) atoms. The number of rotatable bonds is 9. The molecule has 7 heteroatoms. The first-order valence-electron chi connectivity index (χ1n) is 11.6. The highest BCUT2D eigenvalue weighted by atomic mass is 32.2. The molecule has 1 saturated carbocycles. The largest absolute Gasteiger partial charge is 0.326 e. The van der Waals surface area contributed by atoms with Gasteiger partial charge in [-0.2, -0.15) is 0 Å². The number of piperidine rings is 1. The van der Waals surface area contributed by atoms with Gasteiger partial charge in [0.05, 0.1) is 4.90 Å². The topological polar surface area (TPSA) is 78.5 Å². The monoisotopic (exact) mass is 455 g/mol. The molecule has 6 nitrogen and oxygen atoms in total. The molecule has 2 aromatic carbocycles. The molecule has 1 amide bonds. The number of nitrogens with zero attached hydrogens (tertiary/aromatic N) is 1. The van der Waals surface area contributed by atoms with Gasteiger partial charge in [0.15, 0.2) is 0 Å². The number of sulfonamides is 1. The lowest BCUT2D eigenvalue weighted by Gasteiger charge is -2.30. The number of anilines is 1. The minimum Gasteiger partial charge on any atom is -0.326 e. The van der Waals surface area contributed by atoms with Gasteiger partial charge in [-0.05, 0) is 86.5 Å². The summed E-state index contributed by atoms with van der Waals surface area (Å²) in [7, 11) is -3.43. The molecule has 2 fully saturated rings. The molecular formula is C25H33N3O3S. The van der Waals surface area contributed by atoms with Gasteiger partial charge in [0.1, 0.15) is 0 Å². The summed E-state index contributed by atoms with van der Waals surface area (Å²) < 4.78 is 27.1. The maximum Gasteiger partial charge on any atom is 0.240 e. The first kappa shape index (κ1) is 23.0. The maximum atomic E-state index is 12.3. The Morgan fingerprint density at radius 3 is 2.19 bits per heavy atom. The number of aryl methyl sites for hydroxylation is 1. The molecule has 0 atom stereocenters. The average Bonchev–Trinajstić information content (AvgIpc) is 3.59. The summed E-state index contributed by atoms with van der Waals surface area (Å²) in [6.07, 6.45) is 5.27. The summed E-state index contributed by atoms with van der Waals surface area (Å²) in [5, 5.41) is 2.95. The van der Waals surface area contributed by atoms with E-state index in [1.165, 1.54) is 18.4 Å². The Morgan fingerprint density at radius 1 is 0.938 bits per heavy atom. The molecule has 1 aliphatic carbocycles. The Hall–Kier alpha value is -2.22. The second kappa shape index (κ2) is 10.1. The highest BCUT2D eigenvalue weighted by Gasteiger charge is 2.27. The van der Waals surface area contributed by atoms with Crippen LogP contribution in [-0.4, -0.2) is 38.4 Å². The summed E-state index contributed by atoms with van der Waals surface area (Å²) in [5.74, 6) is 0.786. The number of benzene rings is 2. The van der Waals surface area contributed by atoms with E-state index < -0.39 is 10.0 Å². The highest BCUT2D eigenvalue weighted by Crippen LogP contribution is 2.22. The molecule has 1 saturated heterocycles. The van der Waals surface area contributed by atoms with Crippen LogP contribution in [0.3, 0.4) is 0 Å². The molecule has 0 unspecified atom stereocenters. The summed E-state index contributed by atoms with van der Waals surface area (Å²) in [5.41, 5.74) is 3.01. The smallest absolute Gasteiger partial charge is 0.240 e. The van der Waals surface area contributed by atoms with Crippen molar-refractivity contribution in [3.63, 3.8) is 0 Å². The van der Waals surface area contributed by atoms with Crippen molar-refractivity contribution in [2.75, 3.05) is 18.4 Å². The quantitative estimate of drug-likeness (QED) is 0.601. The van der Waals surface area contributed by atoms with Gasteiger partial charge < -0.3 is 5.32 Å². The van der Waals surface area contributed by atoms with E-state index >= 15 is 0 Å². The lowest BCUT2D eigenvalue weighted by Crippen LogP contribution is -2.32. The second-order valence-electron chi connectivity index (χ2n) is 9.24. The zero-order chi connectivity index (χ0) is 22.6. The highest BCUT2D eigenvalue weighted by molar-refractivity contribution is 7.89. The number of nitrogens with one attached hydrogen (secondary N) is 2. The van der Waals surface area contributed by atoms with Crippen LogP contribution in [0.1, 0.15) is 50.2 Å². The number of carbonyl (C=O) groups excluding carboxylic acids is 1. The Morgan fingerprint density at radius 2 is 1.56 bits per heavy atom. The summed E-state index contributed by atoms with van der Waals surface area (Å²) >= 11 is 0. The number of carbonyl (C=O) groups is 1. The third-order valence-electron chi connectivity index (χ3n) is 6.29. The molecule has 0 aromatic heterocycles. The van der Waals surface area contributed by atoms with Crippen molar-refractivity contribution in [2.24, 2.45) is 5.92 Å². The lowest BCUT2D eigenvalue weighted by atomic mass is 9.99. The molecule has 1 heterocycles. The van der Waals surface area contributed by atoms with Gasteiger partial charge in [0, 0.05) is 24.7 Å². The molecule has 1 aliphatic heterocycles. The van der Waals surface area contributed by atoms with Crippen molar-refractivity contribution < 1.29 is 13.2 Å². The third kappa shape index (κ3) is 6.64. The van der Waals surface area contributed by atoms with Crippen molar-refractivity contribution in [1.29, 1.82) is 0 Å².